The molecule has 2 N–H and O–H groups in total. The van der Waals surface area contributed by atoms with Crippen LogP contribution in [0.2, 0.25) is 5.02 Å². The second kappa shape index (κ2) is 6.57. The number of rotatable bonds is 6. The number of aliphatic hydroxyl groups excluding tert-OH is 1. The van der Waals surface area contributed by atoms with Crippen LogP contribution in [0.15, 0.2) is 24.3 Å². The highest BCUT2D eigenvalue weighted by Gasteiger charge is 2.42. The minimum Gasteiger partial charge on any atom is -0.396 e. The van der Waals surface area contributed by atoms with Crippen LogP contribution in [0.25, 0.3) is 0 Å². The highest BCUT2D eigenvalue weighted by atomic mass is 35.5. The van der Waals surface area contributed by atoms with Crippen LogP contribution in [0.3, 0.4) is 0 Å². The molecule has 0 aliphatic heterocycles. The lowest BCUT2D eigenvalue weighted by molar-refractivity contribution is 0.0934. The van der Waals surface area contributed by atoms with Gasteiger partial charge in [-0.25, -0.2) is 0 Å². The summed E-state index contributed by atoms with van der Waals surface area (Å²) < 4.78 is 1.81. The van der Waals surface area contributed by atoms with Gasteiger partial charge in [0.1, 0.15) is 0 Å². The van der Waals surface area contributed by atoms with Gasteiger partial charge in [0, 0.05) is 22.7 Å². The van der Waals surface area contributed by atoms with Gasteiger partial charge < -0.3 is 10.4 Å². The third kappa shape index (κ3) is 3.32. The molecule has 0 bridgehead atoms. The van der Waals surface area contributed by atoms with E-state index in [0.717, 1.165) is 24.1 Å². The van der Waals surface area contributed by atoms with Crippen molar-refractivity contribution in [2.75, 3.05) is 13.2 Å². The number of amides is 1. The fraction of sp³-hybridized carbons (Fsp3) is 0.444. The Balaban J connectivity index is 1.76. The minimum absolute atomic E-state index is 0.106. The molecule has 1 aromatic carbocycles. The number of carbonyl (C=O) groups is 1. The van der Waals surface area contributed by atoms with Gasteiger partial charge >= 0.3 is 0 Å². The zero-order valence-corrected chi connectivity index (χ0v) is 14.7. The maximum absolute atomic E-state index is 12.5. The molecule has 1 aliphatic carbocycles. The Labute approximate surface area is 146 Å². The standard InChI is InChI=1S/C18H22ClN3O2/c1-12-16(17(24)20-10-18(11-23)7-8-18)13(2)22(21-12)9-14-5-3-4-6-15(14)19/h3-6,23H,7-11H2,1-2H3,(H,20,24). The molecule has 2 aromatic rings. The average molecular weight is 348 g/mol. The van der Waals surface area contributed by atoms with E-state index in [1.165, 1.54) is 0 Å². The summed E-state index contributed by atoms with van der Waals surface area (Å²) in [5.41, 5.74) is 2.99. The van der Waals surface area contributed by atoms with Gasteiger partial charge in [0.05, 0.1) is 24.4 Å². The van der Waals surface area contributed by atoms with E-state index in [1.54, 1.807) is 0 Å². The fourth-order valence-electron chi connectivity index (χ4n) is 2.89. The van der Waals surface area contributed by atoms with Gasteiger partial charge in [-0.2, -0.15) is 5.10 Å². The molecular weight excluding hydrogens is 326 g/mol. The largest absolute Gasteiger partial charge is 0.396 e. The Hall–Kier alpha value is -1.85. The first kappa shape index (κ1) is 17.0. The third-order valence-corrected chi connectivity index (χ3v) is 5.17. The highest BCUT2D eigenvalue weighted by molar-refractivity contribution is 6.31. The number of carbonyl (C=O) groups excluding carboxylic acids is 1. The molecule has 0 saturated heterocycles. The Bertz CT molecular complexity index is 766. The third-order valence-electron chi connectivity index (χ3n) is 4.80. The van der Waals surface area contributed by atoms with Crippen molar-refractivity contribution in [3.05, 3.63) is 51.8 Å². The maximum atomic E-state index is 12.5. The number of nitrogens with zero attached hydrogens (tertiary/aromatic N) is 2. The zero-order valence-electron chi connectivity index (χ0n) is 14.0. The van der Waals surface area contributed by atoms with Crippen LogP contribution in [-0.4, -0.2) is 33.9 Å². The molecule has 6 heteroatoms. The zero-order chi connectivity index (χ0) is 17.3. The number of hydrogen-bond donors (Lipinski definition) is 2. The van der Waals surface area contributed by atoms with E-state index in [1.807, 2.05) is 42.8 Å². The molecule has 1 aromatic heterocycles. The van der Waals surface area contributed by atoms with Crippen molar-refractivity contribution in [3.63, 3.8) is 0 Å². The summed E-state index contributed by atoms with van der Waals surface area (Å²) in [6.07, 6.45) is 1.93. The summed E-state index contributed by atoms with van der Waals surface area (Å²) in [5.74, 6) is -0.130. The van der Waals surface area contributed by atoms with Crippen LogP contribution in [0.4, 0.5) is 0 Å². The monoisotopic (exact) mass is 347 g/mol. The second-order valence-corrected chi connectivity index (χ2v) is 7.04. The molecule has 1 saturated carbocycles. The maximum Gasteiger partial charge on any atom is 0.255 e. The number of nitrogens with one attached hydrogen (secondary N) is 1. The van der Waals surface area contributed by atoms with Crippen molar-refractivity contribution in [1.82, 2.24) is 15.1 Å². The fourth-order valence-corrected chi connectivity index (χ4v) is 3.09. The predicted octanol–water partition coefficient (Wildman–Crippen LogP) is 2.70. The Morgan fingerprint density at radius 1 is 1.38 bits per heavy atom. The Morgan fingerprint density at radius 3 is 2.71 bits per heavy atom. The van der Waals surface area contributed by atoms with Gasteiger partial charge in [0.2, 0.25) is 0 Å². The van der Waals surface area contributed by atoms with Crippen molar-refractivity contribution in [2.45, 2.75) is 33.2 Å². The molecule has 24 heavy (non-hydrogen) atoms. The second-order valence-electron chi connectivity index (χ2n) is 6.64. The summed E-state index contributed by atoms with van der Waals surface area (Å²) in [4.78, 5) is 12.5. The molecule has 1 amide bonds. The van der Waals surface area contributed by atoms with Crippen LogP contribution in [0.1, 0.15) is 40.2 Å². The van der Waals surface area contributed by atoms with Crippen molar-refractivity contribution in [3.8, 4) is 0 Å². The quantitative estimate of drug-likeness (QED) is 0.844. The Morgan fingerprint density at radius 2 is 2.08 bits per heavy atom. The SMILES string of the molecule is Cc1nn(Cc2ccccc2Cl)c(C)c1C(=O)NCC1(CO)CC1. The van der Waals surface area contributed by atoms with Crippen molar-refractivity contribution >= 4 is 17.5 Å². The van der Waals surface area contributed by atoms with Crippen LogP contribution < -0.4 is 5.32 Å². The molecule has 0 spiro atoms. The lowest BCUT2D eigenvalue weighted by Crippen LogP contribution is -2.32. The summed E-state index contributed by atoms with van der Waals surface area (Å²) >= 11 is 6.21. The molecule has 1 heterocycles. The first-order chi connectivity index (χ1) is 11.5. The molecule has 128 valence electrons. The normalized spacial score (nSPS) is 15.3. The van der Waals surface area contributed by atoms with E-state index in [4.69, 9.17) is 11.6 Å². The van der Waals surface area contributed by atoms with Crippen molar-refractivity contribution in [1.29, 1.82) is 0 Å². The molecule has 5 nitrogen and oxygen atoms in total. The molecule has 0 radical (unpaired) electrons. The van der Waals surface area contributed by atoms with E-state index in [-0.39, 0.29) is 17.9 Å². The van der Waals surface area contributed by atoms with Gasteiger partial charge in [0.25, 0.3) is 5.91 Å². The first-order valence-electron chi connectivity index (χ1n) is 8.12. The average Bonchev–Trinajstić information content (AvgIpc) is 3.29. The van der Waals surface area contributed by atoms with Gasteiger partial charge in [-0.3, -0.25) is 9.48 Å². The van der Waals surface area contributed by atoms with Crippen LogP contribution in [0.5, 0.6) is 0 Å². The van der Waals surface area contributed by atoms with Crippen molar-refractivity contribution in [2.24, 2.45) is 5.41 Å². The number of benzene rings is 1. The summed E-state index contributed by atoms with van der Waals surface area (Å²) in [6, 6.07) is 7.63. The number of aromatic nitrogens is 2. The predicted molar refractivity (Wildman–Crippen MR) is 93.3 cm³/mol. The van der Waals surface area contributed by atoms with Crippen molar-refractivity contribution < 1.29 is 9.90 Å². The lowest BCUT2D eigenvalue weighted by Gasteiger charge is -2.13. The summed E-state index contributed by atoms with van der Waals surface area (Å²) in [6.45, 7) is 4.89. The summed E-state index contributed by atoms with van der Waals surface area (Å²) in [5, 5.41) is 17.5. The molecule has 0 atom stereocenters. The molecule has 3 rings (SSSR count). The number of aryl methyl sites for hydroxylation is 1. The van der Waals surface area contributed by atoms with E-state index in [0.29, 0.717) is 29.4 Å². The first-order valence-corrected chi connectivity index (χ1v) is 8.50. The molecule has 1 aliphatic rings. The van der Waals surface area contributed by atoms with Gasteiger partial charge in [-0.15, -0.1) is 0 Å². The van der Waals surface area contributed by atoms with Crippen LogP contribution in [-0.2, 0) is 6.54 Å². The van der Waals surface area contributed by atoms with Crippen LogP contribution in [0, 0.1) is 19.3 Å². The number of halogens is 1. The van der Waals surface area contributed by atoms with Crippen LogP contribution >= 0.6 is 11.6 Å². The smallest absolute Gasteiger partial charge is 0.255 e. The van der Waals surface area contributed by atoms with E-state index in [9.17, 15) is 9.90 Å². The Kier molecular flexibility index (Phi) is 4.65. The summed E-state index contributed by atoms with van der Waals surface area (Å²) in [7, 11) is 0. The number of hydrogen-bond acceptors (Lipinski definition) is 3. The van der Waals surface area contributed by atoms with Gasteiger partial charge in [-0.05, 0) is 38.3 Å². The molecular formula is C18H22ClN3O2. The van der Waals surface area contributed by atoms with E-state index < -0.39 is 0 Å². The number of aliphatic hydroxyl groups is 1. The molecule has 1 fully saturated rings. The van der Waals surface area contributed by atoms with Gasteiger partial charge in [0.15, 0.2) is 0 Å². The van der Waals surface area contributed by atoms with E-state index >= 15 is 0 Å². The highest BCUT2D eigenvalue weighted by Crippen LogP contribution is 2.44. The minimum atomic E-state index is -0.130. The van der Waals surface area contributed by atoms with Gasteiger partial charge in [-0.1, -0.05) is 29.8 Å². The topological polar surface area (TPSA) is 67.2 Å². The molecule has 0 unspecified atom stereocenters. The lowest BCUT2D eigenvalue weighted by atomic mass is 10.1. The van der Waals surface area contributed by atoms with E-state index in [2.05, 4.69) is 10.4 Å².